The summed E-state index contributed by atoms with van der Waals surface area (Å²) < 4.78 is 11.6. The zero-order chi connectivity index (χ0) is 24.2. The Morgan fingerprint density at radius 1 is 1.12 bits per heavy atom. The maximum absolute atomic E-state index is 12.7. The first-order valence-electron chi connectivity index (χ1n) is 11.2. The zero-order valence-electron chi connectivity index (χ0n) is 19.6. The molecule has 174 valence electrons. The van der Waals surface area contributed by atoms with E-state index in [-0.39, 0.29) is 17.1 Å². The molecule has 0 radical (unpaired) electrons. The summed E-state index contributed by atoms with van der Waals surface area (Å²) >= 11 is 5.40. The lowest BCUT2D eigenvalue weighted by atomic mass is 10.1. The molecule has 4 rings (SSSR count). The number of aromatic nitrogens is 1. The Labute approximate surface area is 204 Å². The van der Waals surface area contributed by atoms with Crippen LogP contribution in [0.25, 0.3) is 22.6 Å². The van der Waals surface area contributed by atoms with Crippen LogP contribution in [0.15, 0.2) is 65.1 Å². The Bertz CT molecular complexity index is 1360. The number of benzene rings is 3. The molecule has 2 N–H and O–H groups in total. The molecule has 0 aliphatic rings. The number of ether oxygens (including phenoxy) is 1. The van der Waals surface area contributed by atoms with E-state index < -0.39 is 0 Å². The lowest BCUT2D eigenvalue weighted by Crippen LogP contribution is -2.34. The van der Waals surface area contributed by atoms with E-state index in [9.17, 15) is 4.79 Å². The van der Waals surface area contributed by atoms with E-state index >= 15 is 0 Å². The van der Waals surface area contributed by atoms with Crippen molar-refractivity contribution in [1.29, 1.82) is 0 Å². The van der Waals surface area contributed by atoms with Crippen LogP contribution in [-0.4, -0.2) is 22.1 Å². The number of nitrogens with zero attached hydrogens (tertiary/aromatic N) is 1. The van der Waals surface area contributed by atoms with E-state index in [1.807, 2.05) is 63.2 Å². The summed E-state index contributed by atoms with van der Waals surface area (Å²) in [6, 6.07) is 18.9. The van der Waals surface area contributed by atoms with Crippen LogP contribution in [0.4, 0.5) is 5.69 Å². The Hall–Kier alpha value is -3.71. The predicted octanol–water partition coefficient (Wildman–Crippen LogP) is 6.28. The molecule has 7 heteroatoms. The fourth-order valence-corrected chi connectivity index (χ4v) is 3.72. The van der Waals surface area contributed by atoms with Gasteiger partial charge in [0.25, 0.3) is 5.91 Å². The molecule has 3 aromatic carbocycles. The summed E-state index contributed by atoms with van der Waals surface area (Å²) in [6.07, 6.45) is 0.959. The quantitative estimate of drug-likeness (QED) is 0.321. The molecular formula is C27H27N3O3S. The van der Waals surface area contributed by atoms with Gasteiger partial charge in [-0.2, -0.15) is 0 Å². The highest BCUT2D eigenvalue weighted by atomic mass is 32.1. The summed E-state index contributed by atoms with van der Waals surface area (Å²) in [6.45, 7) is 7.94. The molecule has 34 heavy (non-hydrogen) atoms. The van der Waals surface area contributed by atoms with E-state index in [4.69, 9.17) is 21.4 Å². The van der Waals surface area contributed by atoms with Crippen molar-refractivity contribution in [3.63, 3.8) is 0 Å². The number of rotatable bonds is 6. The maximum atomic E-state index is 12.7. The lowest BCUT2D eigenvalue weighted by molar-refractivity contribution is 0.0977. The molecule has 0 unspecified atom stereocenters. The zero-order valence-corrected chi connectivity index (χ0v) is 20.5. The van der Waals surface area contributed by atoms with Crippen molar-refractivity contribution >= 4 is 40.0 Å². The van der Waals surface area contributed by atoms with Gasteiger partial charge in [-0.15, -0.1) is 0 Å². The summed E-state index contributed by atoms with van der Waals surface area (Å²) in [7, 11) is 0. The molecule has 0 bridgehead atoms. The van der Waals surface area contributed by atoms with Gasteiger partial charge >= 0.3 is 0 Å². The standard InChI is InChI=1S/C27H27N3O3S/c1-5-18-10-12-24-23(13-18)28-26(33-24)20-11-9-17(4)22(15-20)29-27(34)30-25(31)19-7-6-8-21(14-19)32-16(2)3/h6-16H,5H2,1-4H3,(H2,29,30,31,34). The molecule has 0 fully saturated rings. The third-order valence-corrected chi connectivity index (χ3v) is 5.49. The van der Waals surface area contributed by atoms with Gasteiger partial charge in [-0.25, -0.2) is 4.98 Å². The van der Waals surface area contributed by atoms with Crippen LogP contribution < -0.4 is 15.4 Å². The van der Waals surface area contributed by atoms with Crippen LogP contribution in [0.3, 0.4) is 0 Å². The number of nitrogens with one attached hydrogen (secondary N) is 2. The van der Waals surface area contributed by atoms with Gasteiger partial charge in [-0.1, -0.05) is 25.1 Å². The van der Waals surface area contributed by atoms with Crippen molar-refractivity contribution in [2.24, 2.45) is 0 Å². The molecule has 0 saturated heterocycles. The average molecular weight is 474 g/mol. The lowest BCUT2D eigenvalue weighted by Gasteiger charge is -2.14. The second-order valence-corrected chi connectivity index (χ2v) is 8.72. The Balaban J connectivity index is 1.49. The minimum absolute atomic E-state index is 0.0197. The number of amides is 1. The second kappa shape index (κ2) is 10.1. The Kier molecular flexibility index (Phi) is 6.93. The highest BCUT2D eigenvalue weighted by Crippen LogP contribution is 2.28. The van der Waals surface area contributed by atoms with E-state index in [0.29, 0.717) is 17.2 Å². The topological polar surface area (TPSA) is 76.4 Å². The van der Waals surface area contributed by atoms with Crippen LogP contribution in [0, 0.1) is 6.92 Å². The number of hydrogen-bond acceptors (Lipinski definition) is 5. The van der Waals surface area contributed by atoms with E-state index in [2.05, 4.69) is 22.5 Å². The van der Waals surface area contributed by atoms with Crippen molar-refractivity contribution in [2.75, 3.05) is 5.32 Å². The Morgan fingerprint density at radius 2 is 1.94 bits per heavy atom. The summed E-state index contributed by atoms with van der Waals surface area (Å²) in [5, 5.41) is 6.05. The predicted molar refractivity (Wildman–Crippen MR) is 139 cm³/mol. The Morgan fingerprint density at radius 3 is 2.71 bits per heavy atom. The summed E-state index contributed by atoms with van der Waals surface area (Å²) in [5.74, 6) is 0.851. The van der Waals surface area contributed by atoms with Crippen molar-refractivity contribution in [1.82, 2.24) is 10.3 Å². The largest absolute Gasteiger partial charge is 0.491 e. The van der Waals surface area contributed by atoms with E-state index in [1.165, 1.54) is 5.56 Å². The molecule has 0 saturated carbocycles. The minimum atomic E-state index is -0.314. The number of anilines is 1. The van der Waals surface area contributed by atoms with Gasteiger partial charge in [0.1, 0.15) is 11.3 Å². The molecule has 1 aromatic heterocycles. The average Bonchev–Trinajstić information content (AvgIpc) is 3.23. The second-order valence-electron chi connectivity index (χ2n) is 8.31. The smallest absolute Gasteiger partial charge is 0.257 e. The first-order valence-corrected chi connectivity index (χ1v) is 11.6. The molecule has 0 spiro atoms. The number of carbonyl (C=O) groups excluding carboxylic acids is 1. The normalized spacial score (nSPS) is 11.0. The van der Waals surface area contributed by atoms with Gasteiger partial charge in [0.05, 0.1) is 6.10 Å². The fourth-order valence-electron chi connectivity index (χ4n) is 3.52. The minimum Gasteiger partial charge on any atom is -0.491 e. The molecule has 0 atom stereocenters. The van der Waals surface area contributed by atoms with Crippen LogP contribution >= 0.6 is 12.2 Å². The molecule has 1 heterocycles. The first kappa shape index (κ1) is 23.4. The molecule has 1 amide bonds. The highest BCUT2D eigenvalue weighted by Gasteiger charge is 2.13. The third-order valence-electron chi connectivity index (χ3n) is 5.29. The van der Waals surface area contributed by atoms with Gasteiger partial charge in [0, 0.05) is 16.8 Å². The van der Waals surface area contributed by atoms with Gasteiger partial charge in [0.2, 0.25) is 5.89 Å². The van der Waals surface area contributed by atoms with E-state index in [0.717, 1.165) is 34.3 Å². The first-order chi connectivity index (χ1) is 16.3. The number of aryl methyl sites for hydroxylation is 2. The maximum Gasteiger partial charge on any atom is 0.257 e. The number of thiocarbonyl (C=S) groups is 1. The number of carbonyl (C=O) groups is 1. The van der Waals surface area contributed by atoms with Crippen LogP contribution in [-0.2, 0) is 6.42 Å². The van der Waals surface area contributed by atoms with Crippen LogP contribution in [0.2, 0.25) is 0 Å². The summed E-state index contributed by atoms with van der Waals surface area (Å²) in [5.41, 5.74) is 5.79. The van der Waals surface area contributed by atoms with Gasteiger partial charge in [-0.05, 0) is 93.0 Å². The van der Waals surface area contributed by atoms with Crippen molar-refractivity contribution in [3.05, 3.63) is 77.4 Å². The highest BCUT2D eigenvalue weighted by molar-refractivity contribution is 7.80. The van der Waals surface area contributed by atoms with Crippen molar-refractivity contribution in [2.45, 2.75) is 40.2 Å². The van der Waals surface area contributed by atoms with Crippen LogP contribution in [0.1, 0.15) is 42.3 Å². The molecule has 6 nitrogen and oxygen atoms in total. The monoisotopic (exact) mass is 473 g/mol. The third kappa shape index (κ3) is 5.43. The number of fused-ring (bicyclic) bond motifs is 1. The number of oxazole rings is 1. The van der Waals surface area contributed by atoms with Gasteiger partial charge in [0.15, 0.2) is 10.7 Å². The molecule has 0 aliphatic carbocycles. The van der Waals surface area contributed by atoms with Crippen molar-refractivity contribution in [3.8, 4) is 17.2 Å². The summed E-state index contributed by atoms with van der Waals surface area (Å²) in [4.78, 5) is 17.3. The number of hydrogen-bond donors (Lipinski definition) is 2. The van der Waals surface area contributed by atoms with Crippen LogP contribution in [0.5, 0.6) is 5.75 Å². The van der Waals surface area contributed by atoms with E-state index in [1.54, 1.807) is 18.2 Å². The fraction of sp³-hybridized carbons (Fsp3) is 0.222. The SMILES string of the molecule is CCc1ccc2oc(-c3ccc(C)c(NC(=S)NC(=O)c4cccc(OC(C)C)c4)c3)nc2c1. The van der Waals surface area contributed by atoms with Crippen molar-refractivity contribution < 1.29 is 13.9 Å². The molecule has 0 aliphatic heterocycles. The van der Waals surface area contributed by atoms with Gasteiger partial charge < -0.3 is 14.5 Å². The van der Waals surface area contributed by atoms with Gasteiger partial charge in [-0.3, -0.25) is 10.1 Å². The molecule has 4 aromatic rings. The molecular weight excluding hydrogens is 446 g/mol.